The van der Waals surface area contributed by atoms with Crippen LogP contribution in [0.25, 0.3) is 11.4 Å². The molecular formula is C20H16F2N3NaO2. The van der Waals surface area contributed by atoms with Gasteiger partial charge in [0.25, 0.3) is 0 Å². The van der Waals surface area contributed by atoms with E-state index in [0.717, 1.165) is 30.5 Å². The van der Waals surface area contributed by atoms with Crippen LogP contribution in [0.15, 0.2) is 48.8 Å². The Morgan fingerprint density at radius 1 is 1.07 bits per heavy atom. The molecule has 1 heterocycles. The third-order valence-corrected chi connectivity index (χ3v) is 4.44. The Morgan fingerprint density at radius 3 is 2.29 bits per heavy atom. The summed E-state index contributed by atoms with van der Waals surface area (Å²) in [5, 5.41) is 12.4. The van der Waals surface area contributed by atoms with Gasteiger partial charge in [0.05, 0.1) is 34.9 Å². The van der Waals surface area contributed by atoms with Gasteiger partial charge in [0.2, 0.25) is 0 Å². The number of carboxylic acids is 1. The number of hydrogen-bond acceptors (Lipinski definition) is 4. The standard InChI is InChI=1S/C20H15F2N3O2.Na.H/c21-15-2-1-3-16(22)18(15)19-23-9-13(10-24-19)25-17-7-6-12(11-4-5-11)8-14(17)20(26)27;;/h1-3,6-11,25H,4-5H2,(H,26,27);;. The summed E-state index contributed by atoms with van der Waals surface area (Å²) in [5.74, 6) is -2.18. The minimum absolute atomic E-state index is 0. The molecule has 2 aromatic carbocycles. The fourth-order valence-corrected chi connectivity index (χ4v) is 2.91. The Kier molecular flexibility index (Phi) is 6.07. The molecule has 8 heteroatoms. The summed E-state index contributed by atoms with van der Waals surface area (Å²) in [4.78, 5) is 19.6. The van der Waals surface area contributed by atoms with Crippen molar-refractivity contribution in [3.8, 4) is 11.4 Å². The van der Waals surface area contributed by atoms with Gasteiger partial charge in [0.1, 0.15) is 11.6 Å². The molecule has 0 saturated heterocycles. The first-order valence-electron chi connectivity index (χ1n) is 8.43. The average molecular weight is 391 g/mol. The molecule has 0 atom stereocenters. The zero-order chi connectivity index (χ0) is 19.0. The van der Waals surface area contributed by atoms with Crippen LogP contribution >= 0.6 is 0 Å². The number of benzene rings is 2. The van der Waals surface area contributed by atoms with Crippen molar-refractivity contribution < 1.29 is 18.7 Å². The molecule has 3 aromatic rings. The van der Waals surface area contributed by atoms with Gasteiger partial charge in [-0.1, -0.05) is 12.1 Å². The second kappa shape index (κ2) is 8.34. The first kappa shape index (κ1) is 20.4. The van der Waals surface area contributed by atoms with E-state index in [2.05, 4.69) is 15.3 Å². The predicted molar refractivity (Wildman–Crippen MR) is 103 cm³/mol. The topological polar surface area (TPSA) is 75.1 Å². The predicted octanol–water partition coefficient (Wildman–Crippen LogP) is 4.09. The molecule has 1 aliphatic rings. The van der Waals surface area contributed by atoms with E-state index >= 15 is 0 Å². The molecule has 1 saturated carbocycles. The van der Waals surface area contributed by atoms with Crippen LogP contribution < -0.4 is 5.32 Å². The summed E-state index contributed by atoms with van der Waals surface area (Å²) >= 11 is 0. The number of anilines is 2. The van der Waals surface area contributed by atoms with Crippen LogP contribution in [0, 0.1) is 11.6 Å². The van der Waals surface area contributed by atoms with Crippen molar-refractivity contribution in [2.75, 3.05) is 5.32 Å². The molecule has 138 valence electrons. The van der Waals surface area contributed by atoms with Crippen molar-refractivity contribution in [3.63, 3.8) is 0 Å². The van der Waals surface area contributed by atoms with Gasteiger partial charge in [-0.05, 0) is 48.6 Å². The molecule has 0 amide bonds. The molecule has 0 spiro atoms. The summed E-state index contributed by atoms with van der Waals surface area (Å²) in [7, 11) is 0. The Bertz CT molecular complexity index is 1000. The normalized spacial score (nSPS) is 12.9. The van der Waals surface area contributed by atoms with Crippen molar-refractivity contribution in [2.45, 2.75) is 18.8 Å². The van der Waals surface area contributed by atoms with Crippen molar-refractivity contribution in [1.29, 1.82) is 0 Å². The van der Waals surface area contributed by atoms with Crippen LogP contribution in [0.5, 0.6) is 0 Å². The second-order valence-electron chi connectivity index (χ2n) is 6.40. The Morgan fingerprint density at radius 2 is 1.71 bits per heavy atom. The molecular weight excluding hydrogens is 375 g/mol. The third-order valence-electron chi connectivity index (χ3n) is 4.44. The summed E-state index contributed by atoms with van der Waals surface area (Å²) in [6, 6.07) is 8.82. The quantitative estimate of drug-likeness (QED) is 0.641. The Hall–Kier alpha value is -2.35. The number of halogens is 2. The maximum absolute atomic E-state index is 13.8. The van der Waals surface area contributed by atoms with Crippen LogP contribution in [0.2, 0.25) is 0 Å². The van der Waals surface area contributed by atoms with Gasteiger partial charge in [-0.2, -0.15) is 0 Å². The Labute approximate surface area is 182 Å². The minimum atomic E-state index is -1.04. The summed E-state index contributed by atoms with van der Waals surface area (Å²) in [6.45, 7) is 0. The van der Waals surface area contributed by atoms with Gasteiger partial charge in [0, 0.05) is 0 Å². The number of rotatable bonds is 5. The van der Waals surface area contributed by atoms with Crippen molar-refractivity contribution >= 4 is 46.9 Å². The first-order chi connectivity index (χ1) is 13.0. The monoisotopic (exact) mass is 391 g/mol. The van der Waals surface area contributed by atoms with E-state index in [1.165, 1.54) is 18.5 Å². The fourth-order valence-electron chi connectivity index (χ4n) is 2.91. The molecule has 4 rings (SSSR count). The van der Waals surface area contributed by atoms with Crippen LogP contribution in [-0.2, 0) is 0 Å². The van der Waals surface area contributed by atoms with E-state index in [4.69, 9.17) is 0 Å². The zero-order valence-electron chi connectivity index (χ0n) is 14.1. The van der Waals surface area contributed by atoms with Gasteiger partial charge in [-0.25, -0.2) is 23.5 Å². The number of aromatic nitrogens is 2. The number of aromatic carboxylic acids is 1. The molecule has 28 heavy (non-hydrogen) atoms. The van der Waals surface area contributed by atoms with E-state index in [1.807, 2.05) is 6.07 Å². The van der Waals surface area contributed by atoms with E-state index in [9.17, 15) is 18.7 Å². The number of hydrogen-bond donors (Lipinski definition) is 2. The van der Waals surface area contributed by atoms with Crippen LogP contribution in [0.1, 0.15) is 34.7 Å². The molecule has 0 bridgehead atoms. The van der Waals surface area contributed by atoms with Crippen LogP contribution in [-0.4, -0.2) is 50.6 Å². The van der Waals surface area contributed by atoms with Gasteiger partial charge in [0.15, 0.2) is 5.82 Å². The SMILES string of the molecule is O=C(O)c1cc(C2CC2)ccc1Nc1cnc(-c2c(F)cccc2F)nc1.[NaH]. The summed E-state index contributed by atoms with van der Waals surface area (Å²) in [6.07, 6.45) is 4.87. The van der Waals surface area contributed by atoms with E-state index in [1.54, 1.807) is 12.1 Å². The first-order valence-corrected chi connectivity index (χ1v) is 8.43. The number of nitrogens with one attached hydrogen (secondary N) is 1. The number of carboxylic acid groups (broad SMARTS) is 1. The third kappa shape index (κ3) is 4.22. The molecule has 5 nitrogen and oxygen atoms in total. The van der Waals surface area contributed by atoms with Crippen molar-refractivity contribution in [2.24, 2.45) is 0 Å². The summed E-state index contributed by atoms with van der Waals surface area (Å²) < 4.78 is 27.7. The molecule has 0 radical (unpaired) electrons. The molecule has 0 unspecified atom stereocenters. The van der Waals surface area contributed by atoms with Gasteiger partial charge < -0.3 is 10.4 Å². The summed E-state index contributed by atoms with van der Waals surface area (Å²) in [5.41, 5.74) is 1.68. The van der Waals surface area contributed by atoms with Gasteiger partial charge >= 0.3 is 35.5 Å². The molecule has 0 aliphatic heterocycles. The molecule has 2 N–H and O–H groups in total. The molecule has 1 aliphatic carbocycles. The van der Waals surface area contributed by atoms with E-state index in [0.29, 0.717) is 17.3 Å². The zero-order valence-corrected chi connectivity index (χ0v) is 14.1. The number of carbonyl (C=O) groups is 1. The molecule has 1 aromatic heterocycles. The van der Waals surface area contributed by atoms with Crippen LogP contribution in [0.4, 0.5) is 20.2 Å². The van der Waals surface area contributed by atoms with Crippen LogP contribution in [0.3, 0.4) is 0 Å². The van der Waals surface area contributed by atoms with Gasteiger partial charge in [-0.15, -0.1) is 0 Å². The van der Waals surface area contributed by atoms with Crippen molar-refractivity contribution in [3.05, 3.63) is 71.6 Å². The fraction of sp³-hybridized carbons (Fsp3) is 0.150. The average Bonchev–Trinajstić information content (AvgIpc) is 3.48. The van der Waals surface area contributed by atoms with E-state index < -0.39 is 17.6 Å². The number of nitrogens with zero attached hydrogens (tertiary/aromatic N) is 2. The molecule has 1 fully saturated rings. The second-order valence-corrected chi connectivity index (χ2v) is 6.40. The van der Waals surface area contributed by atoms with Crippen molar-refractivity contribution in [1.82, 2.24) is 9.97 Å². The van der Waals surface area contributed by atoms with E-state index in [-0.39, 0.29) is 46.5 Å². The maximum atomic E-state index is 13.8. The Balaban J connectivity index is 0.00000225. The van der Waals surface area contributed by atoms with Gasteiger partial charge in [-0.3, -0.25) is 0 Å².